The second-order valence-electron chi connectivity index (χ2n) is 12.2. The molecule has 2 aromatic carbocycles. The number of hydrogen-bond acceptors (Lipinski definition) is 6. The van der Waals surface area contributed by atoms with Crippen molar-refractivity contribution in [2.45, 2.75) is 89.6 Å². The van der Waals surface area contributed by atoms with Gasteiger partial charge in [-0.25, -0.2) is 0 Å². The Morgan fingerprint density at radius 3 is 2.54 bits per heavy atom. The van der Waals surface area contributed by atoms with Gasteiger partial charge in [-0.15, -0.1) is 9.32 Å². The molecule has 190 valence electrons. The lowest BCUT2D eigenvalue weighted by molar-refractivity contribution is -0.199. The summed E-state index contributed by atoms with van der Waals surface area (Å²) in [7, 11) is 0. The van der Waals surface area contributed by atoms with E-state index in [1.807, 2.05) is 6.07 Å². The Morgan fingerprint density at radius 2 is 1.83 bits per heavy atom. The van der Waals surface area contributed by atoms with E-state index in [0.717, 1.165) is 56.6 Å². The first kappa shape index (κ1) is 25.1. The van der Waals surface area contributed by atoms with Gasteiger partial charge in [-0.2, -0.15) is 5.90 Å². The number of hydrogen-bond donors (Lipinski definition) is 2. The van der Waals surface area contributed by atoms with Crippen molar-refractivity contribution < 1.29 is 18.6 Å². The third-order valence-corrected chi connectivity index (χ3v) is 9.93. The van der Waals surface area contributed by atoms with Crippen LogP contribution in [0.3, 0.4) is 0 Å². The first-order valence-electron chi connectivity index (χ1n) is 13.0. The van der Waals surface area contributed by atoms with Gasteiger partial charge in [0.05, 0.1) is 5.60 Å². The van der Waals surface area contributed by atoms with Crippen molar-refractivity contribution in [1.29, 1.82) is 0 Å². The highest BCUT2D eigenvalue weighted by Crippen LogP contribution is 2.65. The molecular formula is C29H39NO4S. The molecule has 0 saturated heterocycles. The smallest absolute Gasteiger partial charge is 0.260 e. The Hall–Kier alpha value is -1.57. The molecule has 5 nitrogen and oxygen atoms in total. The van der Waals surface area contributed by atoms with E-state index in [1.54, 1.807) is 0 Å². The van der Waals surface area contributed by atoms with Gasteiger partial charge in [-0.3, -0.25) is 0 Å². The van der Waals surface area contributed by atoms with Crippen LogP contribution in [-0.2, 0) is 27.6 Å². The normalized spacial score (nSPS) is 32.0. The summed E-state index contributed by atoms with van der Waals surface area (Å²) in [5.74, 6) is 7.38. The second-order valence-corrected chi connectivity index (χ2v) is 12.7. The monoisotopic (exact) mass is 497 g/mol. The van der Waals surface area contributed by atoms with Crippen LogP contribution in [0.1, 0.15) is 88.0 Å². The molecule has 0 radical (unpaired) electrons. The molecule has 0 aromatic heterocycles. The van der Waals surface area contributed by atoms with Gasteiger partial charge in [-0.05, 0) is 101 Å². The van der Waals surface area contributed by atoms with E-state index < -0.39 is 5.60 Å². The average Bonchev–Trinajstić information content (AvgIpc) is 3.09. The standard InChI is InChI=1S/C29H39NO4S/c1-27(2,3)21-8-5-19(6-9-21)18-29(31)16-14-26-25-11-7-20-17-22(32-35-34-33-30)10-12-23(20)24(25)13-15-28(26,29)4/h5-6,8-10,12,17,24-26,31H,7,11,13-16,18,30H2,1-4H3/t24?,25?,26?,28-,29+/m0/s1. The van der Waals surface area contributed by atoms with Crippen LogP contribution in [0.4, 0.5) is 0 Å². The zero-order valence-electron chi connectivity index (χ0n) is 21.4. The van der Waals surface area contributed by atoms with E-state index >= 15 is 0 Å². The second kappa shape index (κ2) is 9.38. The molecule has 5 atom stereocenters. The third-order valence-electron chi connectivity index (χ3n) is 9.53. The van der Waals surface area contributed by atoms with Gasteiger partial charge in [-0.1, -0.05) is 58.0 Å². The summed E-state index contributed by atoms with van der Waals surface area (Å²) in [6.45, 7) is 9.12. The summed E-state index contributed by atoms with van der Waals surface area (Å²) < 4.78 is 10.1. The van der Waals surface area contributed by atoms with Gasteiger partial charge < -0.3 is 9.29 Å². The van der Waals surface area contributed by atoms with E-state index in [0.29, 0.717) is 17.8 Å². The van der Waals surface area contributed by atoms with Gasteiger partial charge in [0.1, 0.15) is 5.75 Å². The van der Waals surface area contributed by atoms with Crippen LogP contribution < -0.4 is 10.1 Å². The molecule has 0 heterocycles. The molecule has 2 saturated carbocycles. The maximum Gasteiger partial charge on any atom is 0.260 e. The summed E-state index contributed by atoms with van der Waals surface area (Å²) in [4.78, 5) is 4.09. The fourth-order valence-electron chi connectivity index (χ4n) is 7.54. The van der Waals surface area contributed by atoms with Gasteiger partial charge >= 0.3 is 0 Å². The first-order chi connectivity index (χ1) is 16.6. The highest BCUT2D eigenvalue weighted by atomic mass is 32.2. The topological polar surface area (TPSA) is 73.9 Å². The SMILES string of the molecule is CC(C)(C)c1ccc(C[C@]2(O)CCC3C4CCc5cc(OSOON)ccc5C4CC[C@@]32C)cc1. The Labute approximate surface area is 214 Å². The summed E-state index contributed by atoms with van der Waals surface area (Å²) >= 11 is 0.719. The average molecular weight is 498 g/mol. The van der Waals surface area contributed by atoms with Gasteiger partial charge in [0.2, 0.25) is 0 Å². The molecule has 6 heteroatoms. The molecule has 0 bridgehead atoms. The van der Waals surface area contributed by atoms with Crippen LogP contribution in [0.15, 0.2) is 42.5 Å². The van der Waals surface area contributed by atoms with Crippen molar-refractivity contribution in [2.75, 3.05) is 0 Å². The Morgan fingerprint density at radius 1 is 1.06 bits per heavy atom. The molecule has 3 aliphatic carbocycles. The molecule has 3 unspecified atom stereocenters. The molecule has 0 aliphatic heterocycles. The van der Waals surface area contributed by atoms with Crippen LogP contribution in [0.2, 0.25) is 0 Å². The van der Waals surface area contributed by atoms with E-state index in [9.17, 15) is 5.11 Å². The Balaban J connectivity index is 1.33. The predicted octanol–water partition coefficient (Wildman–Crippen LogP) is 6.58. The van der Waals surface area contributed by atoms with Crippen molar-refractivity contribution in [3.8, 4) is 5.75 Å². The molecule has 0 spiro atoms. The quantitative estimate of drug-likeness (QED) is 0.203. The number of aryl methyl sites for hydroxylation is 1. The van der Waals surface area contributed by atoms with Crippen LogP contribution in [-0.4, -0.2) is 10.7 Å². The number of rotatable bonds is 6. The van der Waals surface area contributed by atoms with Crippen LogP contribution >= 0.6 is 12.3 Å². The lowest BCUT2D eigenvalue weighted by atomic mass is 9.53. The van der Waals surface area contributed by atoms with Gasteiger partial charge in [0.15, 0.2) is 0 Å². The number of aliphatic hydroxyl groups is 1. The molecule has 0 amide bonds. The van der Waals surface area contributed by atoms with E-state index in [1.165, 1.54) is 28.7 Å². The molecule has 2 aromatic rings. The summed E-state index contributed by atoms with van der Waals surface area (Å²) in [6, 6.07) is 15.3. The maximum absolute atomic E-state index is 12.1. The minimum atomic E-state index is -0.633. The van der Waals surface area contributed by atoms with Crippen LogP contribution in [0, 0.1) is 17.3 Å². The number of benzene rings is 2. The highest BCUT2D eigenvalue weighted by molar-refractivity contribution is 7.90. The molecule has 3 N–H and O–H groups in total. The molecule has 2 fully saturated rings. The van der Waals surface area contributed by atoms with E-state index in [2.05, 4.69) is 73.4 Å². The van der Waals surface area contributed by atoms with Crippen molar-refractivity contribution in [2.24, 2.45) is 23.1 Å². The van der Waals surface area contributed by atoms with Crippen LogP contribution in [0.25, 0.3) is 0 Å². The molecule has 35 heavy (non-hydrogen) atoms. The molecular weight excluding hydrogens is 458 g/mol. The minimum absolute atomic E-state index is 0.0341. The summed E-state index contributed by atoms with van der Waals surface area (Å²) in [5.41, 5.74) is 4.91. The first-order valence-corrected chi connectivity index (χ1v) is 13.6. The van der Waals surface area contributed by atoms with Crippen molar-refractivity contribution in [3.05, 3.63) is 64.7 Å². The maximum atomic E-state index is 12.1. The summed E-state index contributed by atoms with van der Waals surface area (Å²) in [5, 5.41) is 12.1. The third kappa shape index (κ3) is 4.53. The Bertz CT molecular complexity index is 1050. The Kier molecular flexibility index (Phi) is 6.73. The fraction of sp³-hybridized carbons (Fsp3) is 0.586. The number of nitrogens with two attached hydrogens (primary N) is 1. The highest BCUT2D eigenvalue weighted by Gasteiger charge is 2.61. The molecule has 5 rings (SSSR count). The zero-order valence-corrected chi connectivity index (χ0v) is 22.2. The molecule has 3 aliphatic rings. The largest absolute Gasteiger partial charge is 0.399 e. The fourth-order valence-corrected chi connectivity index (χ4v) is 7.78. The van der Waals surface area contributed by atoms with E-state index in [-0.39, 0.29) is 10.8 Å². The lowest BCUT2D eigenvalue weighted by Crippen LogP contribution is -2.51. The van der Waals surface area contributed by atoms with Crippen molar-refractivity contribution >= 4 is 12.3 Å². The lowest BCUT2D eigenvalue weighted by Gasteiger charge is -2.53. The number of fused-ring (bicyclic) bond motifs is 5. The van der Waals surface area contributed by atoms with Crippen molar-refractivity contribution in [3.63, 3.8) is 0 Å². The van der Waals surface area contributed by atoms with Gasteiger partial charge in [0, 0.05) is 6.42 Å². The van der Waals surface area contributed by atoms with Gasteiger partial charge in [0.25, 0.3) is 12.3 Å². The zero-order chi connectivity index (χ0) is 24.8. The minimum Gasteiger partial charge on any atom is -0.399 e. The van der Waals surface area contributed by atoms with Crippen molar-refractivity contribution in [1.82, 2.24) is 0 Å². The summed E-state index contributed by atoms with van der Waals surface area (Å²) in [6.07, 6.45) is 7.21. The van der Waals surface area contributed by atoms with E-state index in [4.69, 9.17) is 10.1 Å². The predicted molar refractivity (Wildman–Crippen MR) is 139 cm³/mol. The van der Waals surface area contributed by atoms with Crippen LogP contribution in [0.5, 0.6) is 5.75 Å².